The van der Waals surface area contributed by atoms with Gasteiger partial charge in [0.25, 0.3) is 0 Å². The highest BCUT2D eigenvalue weighted by molar-refractivity contribution is 14.0. The number of halogens is 1. The van der Waals surface area contributed by atoms with E-state index in [1.807, 2.05) is 26.1 Å². The monoisotopic (exact) mass is 520 g/mol. The van der Waals surface area contributed by atoms with Gasteiger partial charge in [0.2, 0.25) is 5.91 Å². The summed E-state index contributed by atoms with van der Waals surface area (Å²) in [5.74, 6) is 3.07. The molecule has 1 aromatic carbocycles. The Bertz CT molecular complexity index is 674. The number of hydrogen-bond acceptors (Lipinski definition) is 5. The predicted octanol–water partition coefficient (Wildman–Crippen LogP) is 2.05. The lowest BCUT2D eigenvalue weighted by molar-refractivity contribution is -0.132. The highest BCUT2D eigenvalue weighted by atomic mass is 127. The van der Waals surface area contributed by atoms with Crippen molar-refractivity contribution in [1.82, 2.24) is 15.5 Å². The maximum Gasteiger partial charge on any atom is 0.222 e. The summed E-state index contributed by atoms with van der Waals surface area (Å²) in [6.45, 7) is 4.05. The van der Waals surface area contributed by atoms with Crippen LogP contribution in [0.5, 0.6) is 17.2 Å². The number of carbonyl (C=O) groups is 1. The van der Waals surface area contributed by atoms with Gasteiger partial charge >= 0.3 is 0 Å². The van der Waals surface area contributed by atoms with Gasteiger partial charge in [0, 0.05) is 56.8 Å². The van der Waals surface area contributed by atoms with Crippen LogP contribution < -0.4 is 24.8 Å². The van der Waals surface area contributed by atoms with E-state index >= 15 is 0 Å². The molecular formula is C20H33IN4O4. The number of guanidine groups is 1. The highest BCUT2D eigenvalue weighted by Crippen LogP contribution is 2.34. The molecule has 0 aliphatic carbocycles. The summed E-state index contributed by atoms with van der Waals surface area (Å²) in [6.07, 6.45) is 2.04. The van der Waals surface area contributed by atoms with Gasteiger partial charge in [0.05, 0.1) is 21.3 Å². The highest BCUT2D eigenvalue weighted by Gasteiger charge is 2.23. The van der Waals surface area contributed by atoms with Gasteiger partial charge in [-0.1, -0.05) is 0 Å². The van der Waals surface area contributed by atoms with Gasteiger partial charge in [-0.15, -0.1) is 24.0 Å². The molecule has 2 rings (SSSR count). The van der Waals surface area contributed by atoms with Crippen LogP contribution in [0.3, 0.4) is 0 Å². The SMILES string of the molecule is CCNC(=NCCc1c(OC)cc(OC)cc1OC)NC1CCC(=O)N(C)C1.I. The fourth-order valence-electron chi connectivity index (χ4n) is 3.25. The standard InChI is InChI=1S/C20H32N4O4.HI/c1-6-21-20(23-14-7-8-19(25)24(2)13-14)22-10-9-16-17(27-4)11-15(26-3)12-18(16)28-5;/h11-12,14H,6-10,13H2,1-5H3,(H2,21,22,23);1H. The Hall–Kier alpha value is -1.91. The van der Waals surface area contributed by atoms with Crippen LogP contribution in [0.2, 0.25) is 0 Å². The second-order valence-corrected chi connectivity index (χ2v) is 6.68. The summed E-state index contributed by atoms with van der Waals surface area (Å²) in [6, 6.07) is 3.89. The molecule has 0 saturated carbocycles. The van der Waals surface area contributed by atoms with Crippen LogP contribution in [-0.4, -0.2) is 70.8 Å². The molecule has 0 radical (unpaired) electrons. The van der Waals surface area contributed by atoms with Gasteiger partial charge in [0.1, 0.15) is 17.2 Å². The number of piperidine rings is 1. The molecule has 1 atom stereocenters. The third-order valence-electron chi connectivity index (χ3n) is 4.76. The van der Waals surface area contributed by atoms with Gasteiger partial charge in [-0.3, -0.25) is 9.79 Å². The number of nitrogens with zero attached hydrogens (tertiary/aromatic N) is 2. The van der Waals surface area contributed by atoms with Crippen LogP contribution >= 0.6 is 24.0 Å². The lowest BCUT2D eigenvalue weighted by Gasteiger charge is -2.31. The Morgan fingerprint density at radius 3 is 2.38 bits per heavy atom. The number of amides is 1. The minimum atomic E-state index is 0. The minimum absolute atomic E-state index is 0. The summed E-state index contributed by atoms with van der Waals surface area (Å²) in [5.41, 5.74) is 0.952. The first-order valence-corrected chi connectivity index (χ1v) is 9.60. The van der Waals surface area contributed by atoms with Crippen LogP contribution in [0, 0.1) is 0 Å². The van der Waals surface area contributed by atoms with Crippen LogP contribution in [0.15, 0.2) is 17.1 Å². The van der Waals surface area contributed by atoms with E-state index in [0.717, 1.165) is 36.0 Å². The number of likely N-dealkylation sites (N-methyl/N-ethyl adjacent to an activating group) is 1. The van der Waals surface area contributed by atoms with Crippen molar-refractivity contribution in [2.75, 3.05) is 48.0 Å². The van der Waals surface area contributed by atoms with Crippen molar-refractivity contribution in [3.63, 3.8) is 0 Å². The van der Waals surface area contributed by atoms with Crippen LogP contribution in [0.1, 0.15) is 25.3 Å². The van der Waals surface area contributed by atoms with E-state index in [9.17, 15) is 4.79 Å². The average molecular weight is 520 g/mol. The molecule has 9 heteroatoms. The first-order chi connectivity index (χ1) is 13.5. The van der Waals surface area contributed by atoms with Crippen molar-refractivity contribution in [1.29, 1.82) is 0 Å². The van der Waals surface area contributed by atoms with Crippen LogP contribution in [-0.2, 0) is 11.2 Å². The number of aliphatic imine (C=N–C) groups is 1. The number of nitrogens with one attached hydrogen (secondary N) is 2. The summed E-state index contributed by atoms with van der Waals surface area (Å²) >= 11 is 0. The normalized spacial score (nSPS) is 16.7. The number of benzene rings is 1. The fraction of sp³-hybridized carbons (Fsp3) is 0.600. The largest absolute Gasteiger partial charge is 0.496 e. The molecule has 1 aromatic rings. The van der Waals surface area contributed by atoms with Gasteiger partial charge in [0.15, 0.2) is 5.96 Å². The Balaban J connectivity index is 0.00000420. The lowest BCUT2D eigenvalue weighted by Crippen LogP contribution is -2.51. The number of carbonyl (C=O) groups excluding carboxylic acids is 1. The average Bonchev–Trinajstić information content (AvgIpc) is 2.70. The number of hydrogen-bond donors (Lipinski definition) is 2. The summed E-state index contributed by atoms with van der Waals surface area (Å²) < 4.78 is 16.3. The molecule has 0 aromatic heterocycles. The zero-order valence-electron chi connectivity index (χ0n) is 17.9. The van der Waals surface area contributed by atoms with Crippen molar-refractivity contribution < 1.29 is 19.0 Å². The van der Waals surface area contributed by atoms with Crippen LogP contribution in [0.25, 0.3) is 0 Å². The van der Waals surface area contributed by atoms with Gasteiger partial charge in [-0.05, 0) is 19.8 Å². The molecule has 1 aliphatic heterocycles. The summed E-state index contributed by atoms with van der Waals surface area (Å²) in [7, 11) is 6.71. The third-order valence-corrected chi connectivity index (χ3v) is 4.76. The number of ether oxygens (including phenoxy) is 3. The molecule has 8 nitrogen and oxygen atoms in total. The molecule has 1 aliphatic rings. The predicted molar refractivity (Wildman–Crippen MR) is 125 cm³/mol. The van der Waals surface area contributed by atoms with E-state index in [1.54, 1.807) is 26.2 Å². The lowest BCUT2D eigenvalue weighted by atomic mass is 10.1. The smallest absolute Gasteiger partial charge is 0.222 e. The van der Waals surface area contributed by atoms with Crippen LogP contribution in [0.4, 0.5) is 0 Å². The Labute approximate surface area is 190 Å². The molecule has 0 bridgehead atoms. The van der Waals surface area contributed by atoms with Crippen molar-refractivity contribution >= 4 is 35.8 Å². The molecule has 1 unspecified atom stereocenters. The zero-order chi connectivity index (χ0) is 20.5. The van der Waals surface area contributed by atoms with Crippen molar-refractivity contribution in [3.8, 4) is 17.2 Å². The second-order valence-electron chi connectivity index (χ2n) is 6.68. The second kappa shape index (κ2) is 12.6. The fourth-order valence-corrected chi connectivity index (χ4v) is 3.25. The Kier molecular flexibility index (Phi) is 10.9. The molecule has 1 amide bonds. The molecule has 1 saturated heterocycles. The Morgan fingerprint density at radius 2 is 1.86 bits per heavy atom. The Morgan fingerprint density at radius 1 is 1.21 bits per heavy atom. The van der Waals surface area contributed by atoms with E-state index in [-0.39, 0.29) is 35.9 Å². The number of methoxy groups -OCH3 is 3. The maximum atomic E-state index is 11.7. The third kappa shape index (κ3) is 7.13. The first-order valence-electron chi connectivity index (χ1n) is 9.60. The molecular weight excluding hydrogens is 487 g/mol. The molecule has 0 spiro atoms. The topological polar surface area (TPSA) is 84.4 Å². The molecule has 2 N–H and O–H groups in total. The first kappa shape index (κ1) is 25.1. The van der Waals surface area contributed by atoms with E-state index in [0.29, 0.717) is 31.7 Å². The van der Waals surface area contributed by atoms with Gasteiger partial charge in [-0.2, -0.15) is 0 Å². The number of rotatable bonds is 8. The quantitative estimate of drug-likeness (QED) is 0.310. The molecule has 164 valence electrons. The summed E-state index contributed by atoms with van der Waals surface area (Å²) in [4.78, 5) is 18.1. The van der Waals surface area contributed by atoms with E-state index in [4.69, 9.17) is 14.2 Å². The molecule has 1 heterocycles. The van der Waals surface area contributed by atoms with E-state index in [1.165, 1.54) is 0 Å². The van der Waals surface area contributed by atoms with E-state index < -0.39 is 0 Å². The molecule has 1 fully saturated rings. The molecule has 29 heavy (non-hydrogen) atoms. The zero-order valence-corrected chi connectivity index (χ0v) is 20.2. The van der Waals surface area contributed by atoms with Gasteiger partial charge in [-0.25, -0.2) is 0 Å². The maximum absolute atomic E-state index is 11.7. The number of likely N-dealkylation sites (tertiary alicyclic amines) is 1. The van der Waals surface area contributed by atoms with E-state index in [2.05, 4.69) is 15.6 Å². The van der Waals surface area contributed by atoms with Crippen molar-refractivity contribution in [2.24, 2.45) is 4.99 Å². The van der Waals surface area contributed by atoms with Crippen molar-refractivity contribution in [2.45, 2.75) is 32.2 Å². The summed E-state index contributed by atoms with van der Waals surface area (Å²) in [5, 5.41) is 6.70. The minimum Gasteiger partial charge on any atom is -0.496 e. The van der Waals surface area contributed by atoms with Gasteiger partial charge < -0.3 is 29.7 Å². The van der Waals surface area contributed by atoms with Crippen molar-refractivity contribution in [3.05, 3.63) is 17.7 Å².